The molecule has 0 fully saturated rings. The number of hydrogen-bond acceptors (Lipinski definition) is 2. The van der Waals surface area contributed by atoms with Crippen LogP contribution in [0, 0.1) is 0 Å². The average molecular weight is 207 g/mol. The van der Waals surface area contributed by atoms with E-state index in [9.17, 15) is 4.79 Å². The van der Waals surface area contributed by atoms with E-state index in [0.717, 1.165) is 10.9 Å². The Morgan fingerprint density at radius 2 is 2.20 bits per heavy atom. The number of carbonyl (C=O) groups is 1. The van der Waals surface area contributed by atoms with Gasteiger partial charge in [0.2, 0.25) is 0 Å². The van der Waals surface area contributed by atoms with Gasteiger partial charge in [0.15, 0.2) is 0 Å². The van der Waals surface area contributed by atoms with Crippen molar-refractivity contribution in [1.29, 1.82) is 0 Å². The first kappa shape index (κ1) is 9.69. The maximum atomic E-state index is 10.7. The highest BCUT2D eigenvalue weighted by molar-refractivity contribution is 9.11. The molecule has 58 valence electrons. The van der Waals surface area contributed by atoms with E-state index < -0.39 is 0 Å². The predicted octanol–water partition coefficient (Wildman–Crippen LogP) is 2.24. The summed E-state index contributed by atoms with van der Waals surface area (Å²) in [7, 11) is 0. The van der Waals surface area contributed by atoms with Crippen LogP contribution in [0.1, 0.15) is 20.3 Å². The average Bonchev–Trinajstić information content (AvgIpc) is 1.88. The molecule has 0 aromatic rings. The van der Waals surface area contributed by atoms with Crippen LogP contribution in [0.25, 0.3) is 0 Å². The molecule has 0 aliphatic carbocycles. The van der Waals surface area contributed by atoms with Crippen LogP contribution in [0.5, 0.6) is 0 Å². The standard InChI is InChI=1S/C7H11BrO2/c1-3-6(8)5-7(9)10-4-2/h5H,3-4H2,1-2H3. The highest BCUT2D eigenvalue weighted by Crippen LogP contribution is 2.08. The lowest BCUT2D eigenvalue weighted by Crippen LogP contribution is -1.99. The molecule has 3 heteroatoms. The summed E-state index contributed by atoms with van der Waals surface area (Å²) in [6.07, 6.45) is 2.27. The molecule has 0 heterocycles. The van der Waals surface area contributed by atoms with Crippen molar-refractivity contribution < 1.29 is 9.53 Å². The van der Waals surface area contributed by atoms with Crippen molar-refractivity contribution in [3.63, 3.8) is 0 Å². The maximum absolute atomic E-state index is 10.7. The number of halogens is 1. The Balaban J connectivity index is 3.75. The predicted molar refractivity (Wildman–Crippen MR) is 43.9 cm³/mol. The number of ether oxygens (including phenoxy) is 1. The van der Waals surface area contributed by atoms with Gasteiger partial charge >= 0.3 is 5.97 Å². The second-order valence-corrected chi connectivity index (χ2v) is 2.72. The van der Waals surface area contributed by atoms with Gasteiger partial charge in [0.25, 0.3) is 0 Å². The van der Waals surface area contributed by atoms with Crippen molar-refractivity contribution in [2.24, 2.45) is 0 Å². The van der Waals surface area contributed by atoms with E-state index >= 15 is 0 Å². The van der Waals surface area contributed by atoms with Crippen LogP contribution in [0.3, 0.4) is 0 Å². The summed E-state index contributed by atoms with van der Waals surface area (Å²) in [6.45, 7) is 4.17. The van der Waals surface area contributed by atoms with Gasteiger partial charge in [0.1, 0.15) is 0 Å². The Morgan fingerprint density at radius 1 is 1.60 bits per heavy atom. The zero-order valence-corrected chi connectivity index (χ0v) is 7.77. The second-order valence-electron chi connectivity index (χ2n) is 1.70. The number of esters is 1. The Labute approximate surface area is 69.4 Å². The largest absolute Gasteiger partial charge is 0.463 e. The first-order valence-electron chi connectivity index (χ1n) is 3.23. The summed E-state index contributed by atoms with van der Waals surface area (Å²) in [5.41, 5.74) is 0. The van der Waals surface area contributed by atoms with E-state index in [1.54, 1.807) is 6.92 Å². The van der Waals surface area contributed by atoms with Crippen molar-refractivity contribution in [3.8, 4) is 0 Å². The Bertz CT molecular complexity index is 141. The van der Waals surface area contributed by atoms with E-state index in [1.165, 1.54) is 6.08 Å². The molecule has 0 saturated heterocycles. The van der Waals surface area contributed by atoms with Gasteiger partial charge in [-0.05, 0) is 13.3 Å². The van der Waals surface area contributed by atoms with Crippen molar-refractivity contribution in [2.75, 3.05) is 6.61 Å². The topological polar surface area (TPSA) is 26.3 Å². The third kappa shape index (κ3) is 4.56. The zero-order valence-electron chi connectivity index (χ0n) is 6.19. The fourth-order valence-electron chi connectivity index (χ4n) is 0.414. The van der Waals surface area contributed by atoms with Gasteiger partial charge < -0.3 is 4.74 Å². The van der Waals surface area contributed by atoms with E-state index in [-0.39, 0.29) is 5.97 Å². The minimum Gasteiger partial charge on any atom is -0.463 e. The van der Waals surface area contributed by atoms with E-state index in [1.807, 2.05) is 6.92 Å². The van der Waals surface area contributed by atoms with E-state index in [0.29, 0.717) is 6.61 Å². The molecule has 0 amide bonds. The lowest BCUT2D eigenvalue weighted by molar-refractivity contribution is -0.137. The molecular weight excluding hydrogens is 196 g/mol. The first-order valence-corrected chi connectivity index (χ1v) is 4.02. The third-order valence-electron chi connectivity index (χ3n) is 0.899. The van der Waals surface area contributed by atoms with Crippen LogP contribution < -0.4 is 0 Å². The molecule has 0 saturated carbocycles. The second kappa shape index (κ2) is 5.47. The minimum atomic E-state index is -0.281. The van der Waals surface area contributed by atoms with Gasteiger partial charge in [-0.2, -0.15) is 0 Å². The SMILES string of the molecule is CCOC(=O)C=C(Br)CC. The summed E-state index contributed by atoms with van der Waals surface area (Å²) >= 11 is 3.21. The highest BCUT2D eigenvalue weighted by atomic mass is 79.9. The lowest BCUT2D eigenvalue weighted by atomic mass is 10.4. The molecule has 0 unspecified atom stereocenters. The Hall–Kier alpha value is -0.310. The third-order valence-corrected chi connectivity index (χ3v) is 1.69. The van der Waals surface area contributed by atoms with Gasteiger partial charge in [-0.3, -0.25) is 0 Å². The number of rotatable bonds is 3. The molecule has 0 aromatic heterocycles. The van der Waals surface area contributed by atoms with E-state index in [2.05, 4.69) is 20.7 Å². The quantitative estimate of drug-likeness (QED) is 0.524. The molecule has 0 rings (SSSR count). The molecule has 0 aliphatic heterocycles. The molecule has 0 radical (unpaired) electrons. The van der Waals surface area contributed by atoms with Gasteiger partial charge in [-0.1, -0.05) is 22.9 Å². The van der Waals surface area contributed by atoms with Crippen LogP contribution in [0.4, 0.5) is 0 Å². The Morgan fingerprint density at radius 3 is 2.60 bits per heavy atom. The van der Waals surface area contributed by atoms with Gasteiger partial charge in [0, 0.05) is 10.6 Å². The first-order chi connectivity index (χ1) is 4.70. The smallest absolute Gasteiger partial charge is 0.331 e. The van der Waals surface area contributed by atoms with Gasteiger partial charge in [-0.25, -0.2) is 4.79 Å². The van der Waals surface area contributed by atoms with E-state index in [4.69, 9.17) is 0 Å². The fraction of sp³-hybridized carbons (Fsp3) is 0.571. The normalized spacial score (nSPS) is 11.3. The van der Waals surface area contributed by atoms with Crippen LogP contribution >= 0.6 is 15.9 Å². The molecule has 0 atom stereocenters. The molecule has 0 aliphatic rings. The van der Waals surface area contributed by atoms with Crippen molar-refractivity contribution in [1.82, 2.24) is 0 Å². The van der Waals surface area contributed by atoms with Crippen LogP contribution in [0.15, 0.2) is 10.6 Å². The van der Waals surface area contributed by atoms with Crippen molar-refractivity contribution >= 4 is 21.9 Å². The van der Waals surface area contributed by atoms with Gasteiger partial charge in [-0.15, -0.1) is 0 Å². The molecule has 10 heavy (non-hydrogen) atoms. The van der Waals surface area contributed by atoms with Crippen LogP contribution in [-0.4, -0.2) is 12.6 Å². The highest BCUT2D eigenvalue weighted by Gasteiger charge is 1.95. The summed E-state index contributed by atoms with van der Waals surface area (Å²) in [4.78, 5) is 10.7. The fourth-order valence-corrected chi connectivity index (χ4v) is 0.601. The molecule has 0 N–H and O–H groups in total. The zero-order chi connectivity index (χ0) is 7.98. The van der Waals surface area contributed by atoms with Crippen molar-refractivity contribution in [3.05, 3.63) is 10.6 Å². The summed E-state index contributed by atoms with van der Waals surface area (Å²) in [5.74, 6) is -0.281. The van der Waals surface area contributed by atoms with Crippen molar-refractivity contribution in [2.45, 2.75) is 20.3 Å². The van der Waals surface area contributed by atoms with Crippen LogP contribution in [-0.2, 0) is 9.53 Å². The molecule has 0 bridgehead atoms. The number of carbonyl (C=O) groups excluding carboxylic acids is 1. The molecule has 0 spiro atoms. The molecule has 2 nitrogen and oxygen atoms in total. The number of allylic oxidation sites excluding steroid dienone is 1. The maximum Gasteiger partial charge on any atom is 0.331 e. The van der Waals surface area contributed by atoms with Gasteiger partial charge in [0.05, 0.1) is 6.61 Å². The summed E-state index contributed by atoms with van der Waals surface area (Å²) < 4.78 is 5.54. The summed E-state index contributed by atoms with van der Waals surface area (Å²) in [5, 5.41) is 0. The molecular formula is C7H11BrO2. The molecule has 0 aromatic carbocycles. The number of hydrogen-bond donors (Lipinski definition) is 0. The lowest BCUT2D eigenvalue weighted by Gasteiger charge is -1.95. The minimum absolute atomic E-state index is 0.281. The van der Waals surface area contributed by atoms with Crippen LogP contribution in [0.2, 0.25) is 0 Å². The monoisotopic (exact) mass is 206 g/mol. The Kier molecular flexibility index (Phi) is 5.30. The summed E-state index contributed by atoms with van der Waals surface area (Å²) in [6, 6.07) is 0.